The Kier molecular flexibility index (Phi) is 8.82. The third-order valence-electron chi connectivity index (χ3n) is 3.42. The van der Waals surface area contributed by atoms with Gasteiger partial charge in [-0.2, -0.15) is 0 Å². The molecule has 1 rings (SSSR count). The van der Waals surface area contributed by atoms with Crippen LogP contribution in [0.3, 0.4) is 0 Å². The predicted octanol–water partition coefficient (Wildman–Crippen LogP) is 4.01. The van der Waals surface area contributed by atoms with Gasteiger partial charge in [0.05, 0.1) is 12.6 Å². The minimum Gasteiger partial charge on any atom is -0.465 e. The van der Waals surface area contributed by atoms with E-state index in [1.807, 2.05) is 37.3 Å². The van der Waals surface area contributed by atoms with Gasteiger partial charge >= 0.3 is 12.1 Å². The molecule has 1 aromatic rings. The maximum atomic E-state index is 12.3. The predicted molar refractivity (Wildman–Crippen MR) is 102 cm³/mol. The summed E-state index contributed by atoms with van der Waals surface area (Å²) >= 11 is 0. The van der Waals surface area contributed by atoms with Crippen molar-refractivity contribution < 1.29 is 19.1 Å². The number of aliphatic imine (C=N–C) groups is 1. The third-order valence-corrected chi connectivity index (χ3v) is 3.42. The maximum Gasteiger partial charge on any atom is 0.410 e. The summed E-state index contributed by atoms with van der Waals surface area (Å²) in [6, 6.07) is 10.0. The van der Waals surface area contributed by atoms with Crippen molar-refractivity contribution in [3.8, 4) is 0 Å². The molecule has 6 heteroatoms. The van der Waals surface area contributed by atoms with Crippen LogP contribution in [0.5, 0.6) is 0 Å². The second kappa shape index (κ2) is 10.6. The summed E-state index contributed by atoms with van der Waals surface area (Å²) in [5, 5.41) is 0. The van der Waals surface area contributed by atoms with Crippen LogP contribution in [0.25, 0.3) is 0 Å². The number of benzene rings is 1. The molecule has 0 spiro atoms. The van der Waals surface area contributed by atoms with E-state index >= 15 is 0 Å². The average Bonchev–Trinajstić information content (AvgIpc) is 2.56. The number of esters is 1. The monoisotopic (exact) mass is 362 g/mol. The number of hydrogen-bond acceptors (Lipinski definition) is 5. The minimum absolute atomic E-state index is 0.0382. The van der Waals surface area contributed by atoms with Crippen molar-refractivity contribution in [2.75, 3.05) is 19.7 Å². The van der Waals surface area contributed by atoms with E-state index in [0.29, 0.717) is 13.0 Å². The molecule has 0 aliphatic carbocycles. The molecule has 0 aliphatic heterocycles. The fourth-order valence-corrected chi connectivity index (χ4v) is 2.19. The van der Waals surface area contributed by atoms with Crippen LogP contribution in [0.4, 0.5) is 4.79 Å². The van der Waals surface area contributed by atoms with Crippen molar-refractivity contribution in [2.45, 2.75) is 52.7 Å². The molecule has 0 bridgehead atoms. The molecular weight excluding hydrogens is 332 g/mol. The van der Waals surface area contributed by atoms with Gasteiger partial charge in [0.15, 0.2) is 0 Å². The summed E-state index contributed by atoms with van der Waals surface area (Å²) in [6.07, 6.45) is 1.77. The van der Waals surface area contributed by atoms with Crippen LogP contribution in [-0.4, -0.2) is 48.5 Å². The van der Waals surface area contributed by atoms with E-state index in [9.17, 15) is 9.59 Å². The summed E-state index contributed by atoms with van der Waals surface area (Å²) in [5.41, 5.74) is 0.499. The van der Waals surface area contributed by atoms with Gasteiger partial charge in [-0.3, -0.25) is 14.7 Å². The van der Waals surface area contributed by atoms with E-state index in [-0.39, 0.29) is 19.2 Å². The number of ether oxygens (including phenoxy) is 2. The molecule has 0 N–H and O–H groups in total. The van der Waals surface area contributed by atoms with Crippen LogP contribution in [0.15, 0.2) is 35.3 Å². The number of carbonyl (C=O) groups excluding carboxylic acids is 2. The molecule has 0 aliphatic rings. The molecule has 26 heavy (non-hydrogen) atoms. The number of nitrogens with zero attached hydrogens (tertiary/aromatic N) is 2. The van der Waals surface area contributed by atoms with Crippen LogP contribution in [0.1, 0.15) is 52.6 Å². The standard InChI is InChI=1S/C20H30N2O4/c1-6-25-18(23)15-22(19(24)26-20(3,4)5)14-10-13-21-16(2)17-11-8-7-9-12-17/h7-9,11-13,16H,6,10,14-15H2,1-5H3/b21-13+. The molecule has 1 unspecified atom stereocenters. The maximum absolute atomic E-state index is 12.3. The number of amides is 1. The number of hydrogen-bond donors (Lipinski definition) is 0. The SMILES string of the molecule is CCOC(=O)CN(CC/C=N/C(C)c1ccccc1)C(=O)OC(C)(C)C. The fraction of sp³-hybridized carbons (Fsp3) is 0.550. The zero-order valence-corrected chi connectivity index (χ0v) is 16.4. The van der Waals surface area contributed by atoms with Crippen molar-refractivity contribution in [3.63, 3.8) is 0 Å². The van der Waals surface area contributed by atoms with E-state index in [0.717, 1.165) is 5.56 Å². The van der Waals surface area contributed by atoms with Gasteiger partial charge in [-0.25, -0.2) is 4.79 Å². The molecule has 0 saturated heterocycles. The Labute approximate surface area is 156 Å². The van der Waals surface area contributed by atoms with Gasteiger partial charge in [0, 0.05) is 19.2 Å². The lowest BCUT2D eigenvalue weighted by Gasteiger charge is -2.26. The Morgan fingerprint density at radius 3 is 2.46 bits per heavy atom. The van der Waals surface area contributed by atoms with Gasteiger partial charge < -0.3 is 9.47 Å². The summed E-state index contributed by atoms with van der Waals surface area (Å²) in [4.78, 5) is 29.9. The highest BCUT2D eigenvalue weighted by atomic mass is 16.6. The van der Waals surface area contributed by atoms with E-state index in [4.69, 9.17) is 9.47 Å². The zero-order chi connectivity index (χ0) is 19.6. The smallest absolute Gasteiger partial charge is 0.410 e. The van der Waals surface area contributed by atoms with E-state index < -0.39 is 17.7 Å². The second-order valence-corrected chi connectivity index (χ2v) is 6.91. The fourth-order valence-electron chi connectivity index (χ4n) is 2.19. The van der Waals surface area contributed by atoms with Crippen LogP contribution in [0.2, 0.25) is 0 Å². The summed E-state index contributed by atoms with van der Waals surface area (Å²) in [6.45, 7) is 9.58. The largest absolute Gasteiger partial charge is 0.465 e. The lowest BCUT2D eigenvalue weighted by Crippen LogP contribution is -2.41. The minimum atomic E-state index is -0.625. The Hall–Kier alpha value is -2.37. The topological polar surface area (TPSA) is 68.2 Å². The van der Waals surface area contributed by atoms with Gasteiger partial charge in [-0.05, 0) is 40.2 Å². The van der Waals surface area contributed by atoms with Gasteiger partial charge in [0.2, 0.25) is 0 Å². The molecule has 1 atom stereocenters. The third kappa shape index (κ3) is 8.65. The highest BCUT2D eigenvalue weighted by Gasteiger charge is 2.24. The molecule has 0 aromatic heterocycles. The highest BCUT2D eigenvalue weighted by Crippen LogP contribution is 2.15. The molecule has 0 fully saturated rings. The van der Waals surface area contributed by atoms with Crippen molar-refractivity contribution >= 4 is 18.3 Å². The lowest BCUT2D eigenvalue weighted by molar-refractivity contribution is -0.144. The first kappa shape index (κ1) is 21.7. The van der Waals surface area contributed by atoms with E-state index in [2.05, 4.69) is 4.99 Å². The van der Waals surface area contributed by atoms with Gasteiger partial charge in [-0.15, -0.1) is 0 Å². The molecule has 1 amide bonds. The first-order valence-electron chi connectivity index (χ1n) is 8.93. The quantitative estimate of drug-likeness (QED) is 0.518. The van der Waals surface area contributed by atoms with Gasteiger partial charge in [0.25, 0.3) is 0 Å². The molecule has 1 aromatic carbocycles. The van der Waals surface area contributed by atoms with Crippen LogP contribution >= 0.6 is 0 Å². The lowest BCUT2D eigenvalue weighted by atomic mass is 10.1. The second-order valence-electron chi connectivity index (χ2n) is 6.91. The molecule has 144 valence electrons. The highest BCUT2D eigenvalue weighted by molar-refractivity contribution is 5.78. The summed E-state index contributed by atoms with van der Waals surface area (Å²) in [7, 11) is 0. The normalized spacial score (nSPS) is 12.7. The molecular formula is C20H30N2O4. The van der Waals surface area contributed by atoms with E-state index in [1.54, 1.807) is 33.9 Å². The van der Waals surface area contributed by atoms with Gasteiger partial charge in [0.1, 0.15) is 12.1 Å². The van der Waals surface area contributed by atoms with Crippen molar-refractivity contribution in [1.82, 2.24) is 4.90 Å². The Morgan fingerprint density at radius 1 is 1.23 bits per heavy atom. The zero-order valence-electron chi connectivity index (χ0n) is 16.4. The van der Waals surface area contributed by atoms with Crippen molar-refractivity contribution in [1.29, 1.82) is 0 Å². The molecule has 0 saturated carbocycles. The van der Waals surface area contributed by atoms with Crippen LogP contribution in [-0.2, 0) is 14.3 Å². The summed E-state index contributed by atoms with van der Waals surface area (Å²) < 4.78 is 10.3. The Balaban J connectivity index is 2.62. The number of carbonyl (C=O) groups is 2. The molecule has 6 nitrogen and oxygen atoms in total. The Morgan fingerprint density at radius 2 is 1.88 bits per heavy atom. The van der Waals surface area contributed by atoms with Crippen LogP contribution < -0.4 is 0 Å². The van der Waals surface area contributed by atoms with E-state index in [1.165, 1.54) is 4.90 Å². The summed E-state index contributed by atoms with van der Waals surface area (Å²) in [5.74, 6) is -0.451. The average molecular weight is 362 g/mol. The Bertz CT molecular complexity index is 594. The van der Waals surface area contributed by atoms with Crippen molar-refractivity contribution in [2.24, 2.45) is 4.99 Å². The molecule has 0 heterocycles. The first-order valence-corrected chi connectivity index (χ1v) is 8.93. The molecule has 0 radical (unpaired) electrons. The number of rotatable bonds is 8. The van der Waals surface area contributed by atoms with Gasteiger partial charge in [-0.1, -0.05) is 30.3 Å². The van der Waals surface area contributed by atoms with Crippen LogP contribution in [0, 0.1) is 0 Å². The first-order chi connectivity index (χ1) is 12.2. The van der Waals surface area contributed by atoms with Crippen molar-refractivity contribution in [3.05, 3.63) is 35.9 Å².